The van der Waals surface area contributed by atoms with Crippen molar-refractivity contribution in [2.75, 3.05) is 18.0 Å². The van der Waals surface area contributed by atoms with Crippen LogP contribution in [0.4, 0.5) is 5.82 Å². The lowest BCUT2D eigenvalue weighted by Gasteiger charge is -2.19. The molecule has 0 atom stereocenters. The van der Waals surface area contributed by atoms with Gasteiger partial charge in [0.15, 0.2) is 5.82 Å². The molecule has 4 aromatic rings. The van der Waals surface area contributed by atoms with Gasteiger partial charge in [-0.25, -0.2) is 4.98 Å². The molecule has 5 rings (SSSR count). The quantitative estimate of drug-likeness (QED) is 0.492. The first-order chi connectivity index (χ1) is 15.7. The normalized spacial score (nSPS) is 13.6. The molecule has 0 spiro atoms. The number of hydrogen-bond acceptors (Lipinski definition) is 5. The highest BCUT2D eigenvalue weighted by Gasteiger charge is 2.21. The zero-order valence-corrected chi connectivity index (χ0v) is 17.6. The lowest BCUT2D eigenvalue weighted by Crippen LogP contribution is -2.36. The molecule has 162 valence electrons. The van der Waals surface area contributed by atoms with E-state index in [-0.39, 0.29) is 18.0 Å². The third-order valence-corrected chi connectivity index (χ3v) is 5.77. The van der Waals surface area contributed by atoms with Crippen molar-refractivity contribution in [3.63, 3.8) is 0 Å². The van der Waals surface area contributed by atoms with Crippen molar-refractivity contribution in [3.8, 4) is 11.3 Å². The van der Waals surface area contributed by atoms with Crippen molar-refractivity contribution < 1.29 is 4.79 Å². The molecule has 4 heterocycles. The number of pyridine rings is 1. The highest BCUT2D eigenvalue weighted by atomic mass is 16.2. The summed E-state index contributed by atoms with van der Waals surface area (Å²) in [5.41, 5.74) is 3.09. The van der Waals surface area contributed by atoms with E-state index in [1.807, 2.05) is 47.4 Å². The van der Waals surface area contributed by atoms with Gasteiger partial charge in [0.05, 0.1) is 18.4 Å². The number of nitrogens with zero attached hydrogens (tertiary/aromatic N) is 4. The zero-order chi connectivity index (χ0) is 21.9. The molecule has 1 amide bonds. The van der Waals surface area contributed by atoms with Crippen molar-refractivity contribution in [1.29, 1.82) is 0 Å². The Morgan fingerprint density at radius 2 is 1.91 bits per heavy atom. The minimum Gasteiger partial charge on any atom is -0.357 e. The van der Waals surface area contributed by atoms with Gasteiger partial charge in [-0.15, -0.1) is 0 Å². The number of fused-ring (bicyclic) bond motifs is 1. The summed E-state index contributed by atoms with van der Waals surface area (Å²) in [5, 5.41) is 3.91. The van der Waals surface area contributed by atoms with Gasteiger partial charge < -0.3 is 15.2 Å². The Hall–Kier alpha value is -3.94. The van der Waals surface area contributed by atoms with E-state index >= 15 is 0 Å². The summed E-state index contributed by atoms with van der Waals surface area (Å²) in [6, 6.07) is 13.4. The molecule has 1 aliphatic rings. The van der Waals surface area contributed by atoms with Crippen LogP contribution in [0.3, 0.4) is 0 Å². The van der Waals surface area contributed by atoms with Crippen molar-refractivity contribution in [3.05, 3.63) is 77.1 Å². The monoisotopic (exact) mass is 428 g/mol. The Labute approximate surface area is 184 Å². The summed E-state index contributed by atoms with van der Waals surface area (Å²) in [6.07, 6.45) is 7.28. The van der Waals surface area contributed by atoms with E-state index < -0.39 is 0 Å². The maximum absolute atomic E-state index is 13.3. The Bertz CT molecular complexity index is 1270. The Kier molecular flexibility index (Phi) is 5.41. The molecule has 2 N–H and O–H groups in total. The number of aromatic amines is 1. The number of amides is 1. The second-order valence-corrected chi connectivity index (χ2v) is 7.95. The molecule has 1 aromatic carbocycles. The first kappa shape index (κ1) is 20.0. The van der Waals surface area contributed by atoms with Crippen LogP contribution in [0.25, 0.3) is 22.2 Å². The minimum atomic E-state index is -0.236. The van der Waals surface area contributed by atoms with Gasteiger partial charge in [-0.3, -0.25) is 19.1 Å². The average molecular weight is 428 g/mol. The SMILES string of the molecule is O=C(Cn1c(-c2ccccc2)cnc(N2CCCC2)c1=O)NCc1cc2cnccc2[nH]1. The summed E-state index contributed by atoms with van der Waals surface area (Å²) in [6.45, 7) is 1.89. The van der Waals surface area contributed by atoms with E-state index in [1.54, 1.807) is 18.6 Å². The lowest BCUT2D eigenvalue weighted by molar-refractivity contribution is -0.121. The fraction of sp³-hybridized carbons (Fsp3) is 0.250. The van der Waals surface area contributed by atoms with Crippen molar-refractivity contribution >= 4 is 22.6 Å². The van der Waals surface area contributed by atoms with Crippen LogP contribution in [0.2, 0.25) is 0 Å². The Balaban J connectivity index is 1.40. The topological polar surface area (TPSA) is 95.9 Å². The van der Waals surface area contributed by atoms with Crippen LogP contribution in [-0.4, -0.2) is 38.5 Å². The fourth-order valence-electron chi connectivity index (χ4n) is 4.14. The number of rotatable bonds is 6. The largest absolute Gasteiger partial charge is 0.357 e. The molecule has 8 nitrogen and oxygen atoms in total. The second kappa shape index (κ2) is 8.66. The van der Waals surface area contributed by atoms with Gasteiger partial charge >= 0.3 is 0 Å². The first-order valence-corrected chi connectivity index (χ1v) is 10.8. The summed E-state index contributed by atoms with van der Waals surface area (Å²) >= 11 is 0. The van der Waals surface area contributed by atoms with Gasteiger partial charge in [0.2, 0.25) is 5.91 Å². The average Bonchev–Trinajstić information content (AvgIpc) is 3.49. The van der Waals surface area contributed by atoms with Crippen LogP contribution < -0.4 is 15.8 Å². The number of H-pyrrole nitrogens is 1. The zero-order valence-electron chi connectivity index (χ0n) is 17.6. The van der Waals surface area contributed by atoms with Crippen molar-refractivity contribution in [2.24, 2.45) is 0 Å². The second-order valence-electron chi connectivity index (χ2n) is 7.95. The van der Waals surface area contributed by atoms with E-state index in [9.17, 15) is 9.59 Å². The van der Waals surface area contributed by atoms with Gasteiger partial charge in [0.1, 0.15) is 6.54 Å². The number of benzene rings is 1. The van der Waals surface area contributed by atoms with E-state index in [0.29, 0.717) is 18.1 Å². The van der Waals surface area contributed by atoms with E-state index in [0.717, 1.165) is 48.1 Å². The molecule has 32 heavy (non-hydrogen) atoms. The molecule has 0 unspecified atom stereocenters. The van der Waals surface area contributed by atoms with Crippen molar-refractivity contribution in [1.82, 2.24) is 24.8 Å². The van der Waals surface area contributed by atoms with E-state index in [1.165, 1.54) is 4.57 Å². The first-order valence-electron chi connectivity index (χ1n) is 10.8. The summed E-state index contributed by atoms with van der Waals surface area (Å²) in [5.74, 6) is 0.178. The molecule has 0 saturated carbocycles. The molecule has 3 aromatic heterocycles. The van der Waals surface area contributed by atoms with Crippen LogP contribution >= 0.6 is 0 Å². The molecular formula is C24H24N6O2. The van der Waals surface area contributed by atoms with E-state index in [2.05, 4.69) is 20.3 Å². The molecule has 1 fully saturated rings. The summed E-state index contributed by atoms with van der Waals surface area (Å²) in [4.78, 5) is 40.0. The van der Waals surface area contributed by atoms with Gasteiger partial charge in [-0.1, -0.05) is 30.3 Å². The maximum Gasteiger partial charge on any atom is 0.294 e. The predicted octanol–water partition coefficient (Wildman–Crippen LogP) is 2.70. The number of hydrogen-bond donors (Lipinski definition) is 2. The Morgan fingerprint density at radius 1 is 1.09 bits per heavy atom. The molecule has 1 aliphatic heterocycles. The van der Waals surface area contributed by atoms with Crippen LogP contribution in [0.5, 0.6) is 0 Å². The standard InChI is InChI=1S/C24H24N6O2/c31-22(26-14-19-12-18-13-25-9-8-20(18)28-19)16-30-21(17-6-2-1-3-7-17)15-27-23(24(30)32)29-10-4-5-11-29/h1-3,6-9,12-13,15,28H,4-5,10-11,14,16H2,(H,26,31). The van der Waals surface area contributed by atoms with Gasteiger partial charge in [0, 0.05) is 42.1 Å². The molecular weight excluding hydrogens is 404 g/mol. The van der Waals surface area contributed by atoms with E-state index in [4.69, 9.17) is 0 Å². The van der Waals surface area contributed by atoms with Crippen molar-refractivity contribution in [2.45, 2.75) is 25.9 Å². The molecule has 0 aliphatic carbocycles. The summed E-state index contributed by atoms with van der Waals surface area (Å²) < 4.78 is 1.53. The predicted molar refractivity (Wildman–Crippen MR) is 123 cm³/mol. The van der Waals surface area contributed by atoms with Crippen LogP contribution in [-0.2, 0) is 17.9 Å². The third-order valence-electron chi connectivity index (χ3n) is 5.77. The number of carbonyl (C=O) groups is 1. The number of anilines is 1. The Morgan fingerprint density at radius 3 is 2.69 bits per heavy atom. The molecule has 0 bridgehead atoms. The highest BCUT2D eigenvalue weighted by molar-refractivity contribution is 5.80. The molecule has 0 radical (unpaired) electrons. The van der Waals surface area contributed by atoms with Gasteiger partial charge in [-0.05, 0) is 30.5 Å². The maximum atomic E-state index is 13.3. The number of nitrogens with one attached hydrogen (secondary N) is 2. The molecule has 8 heteroatoms. The van der Waals surface area contributed by atoms with Gasteiger partial charge in [0.25, 0.3) is 5.56 Å². The van der Waals surface area contributed by atoms with Gasteiger partial charge in [-0.2, -0.15) is 0 Å². The lowest BCUT2D eigenvalue weighted by atomic mass is 10.1. The smallest absolute Gasteiger partial charge is 0.294 e. The van der Waals surface area contributed by atoms with Crippen LogP contribution in [0.15, 0.2) is 65.8 Å². The number of aromatic nitrogens is 4. The summed E-state index contributed by atoms with van der Waals surface area (Å²) in [7, 11) is 0. The third kappa shape index (κ3) is 3.99. The minimum absolute atomic E-state index is 0.0752. The van der Waals surface area contributed by atoms with Crippen LogP contribution in [0, 0.1) is 0 Å². The highest BCUT2D eigenvalue weighted by Crippen LogP contribution is 2.20. The fourth-order valence-corrected chi connectivity index (χ4v) is 4.14. The van der Waals surface area contributed by atoms with Crippen LogP contribution in [0.1, 0.15) is 18.5 Å². The molecule has 1 saturated heterocycles. The number of carbonyl (C=O) groups excluding carboxylic acids is 1.